The van der Waals surface area contributed by atoms with E-state index in [1.165, 1.54) is 0 Å². The molecule has 0 aliphatic rings. The number of nitrogens with zero attached hydrogens (tertiary/aromatic N) is 6. The van der Waals surface area contributed by atoms with Crippen LogP contribution in [-0.2, 0) is 6.54 Å². The molecule has 0 fully saturated rings. The van der Waals surface area contributed by atoms with Gasteiger partial charge in [0.2, 0.25) is 5.82 Å². The zero-order valence-corrected chi connectivity index (χ0v) is 15.1. The molecule has 138 valence electrons. The molecule has 0 radical (unpaired) electrons. The van der Waals surface area contributed by atoms with Crippen LogP contribution in [0.1, 0.15) is 28.8 Å². The van der Waals surface area contributed by atoms with Crippen molar-refractivity contribution in [3.05, 3.63) is 35.5 Å². The van der Waals surface area contributed by atoms with Gasteiger partial charge in [-0.3, -0.25) is 19.6 Å². The summed E-state index contributed by atoms with van der Waals surface area (Å²) in [6.07, 6.45) is 3.38. The quantitative estimate of drug-likeness (QED) is 0.499. The van der Waals surface area contributed by atoms with Crippen molar-refractivity contribution in [1.29, 1.82) is 0 Å². The molecule has 10 heteroatoms. The van der Waals surface area contributed by atoms with Crippen molar-refractivity contribution in [3.63, 3.8) is 0 Å². The smallest absolute Gasteiger partial charge is 0.265 e. The Hall–Kier alpha value is -3.69. The number of aryl methyl sites for hydroxylation is 3. The minimum absolute atomic E-state index is 0.0410. The van der Waals surface area contributed by atoms with Crippen molar-refractivity contribution in [2.75, 3.05) is 0 Å². The molecule has 27 heavy (non-hydrogen) atoms. The van der Waals surface area contributed by atoms with Crippen LogP contribution in [0.3, 0.4) is 0 Å². The predicted octanol–water partition coefficient (Wildman–Crippen LogP) is 1.42. The lowest BCUT2D eigenvalue weighted by atomic mass is 10.2. The molecule has 4 N–H and O–H groups in total. The number of nitrogens with two attached hydrogens (primary N) is 1. The summed E-state index contributed by atoms with van der Waals surface area (Å²) in [5.41, 5.74) is 8.81. The van der Waals surface area contributed by atoms with Crippen molar-refractivity contribution < 1.29 is 9.90 Å². The number of rotatable bonds is 4. The van der Waals surface area contributed by atoms with Crippen LogP contribution in [0.5, 0.6) is 5.75 Å². The summed E-state index contributed by atoms with van der Waals surface area (Å²) in [4.78, 5) is 20.6. The molecule has 0 spiro atoms. The highest BCUT2D eigenvalue weighted by atomic mass is 16.3. The highest BCUT2D eigenvalue weighted by Gasteiger charge is 2.22. The summed E-state index contributed by atoms with van der Waals surface area (Å²) in [5, 5.41) is 21.7. The van der Waals surface area contributed by atoms with Gasteiger partial charge >= 0.3 is 0 Å². The van der Waals surface area contributed by atoms with E-state index in [4.69, 9.17) is 5.73 Å². The highest BCUT2D eigenvalue weighted by molar-refractivity contribution is 5.96. The zero-order chi connectivity index (χ0) is 19.3. The lowest BCUT2D eigenvalue weighted by Gasteiger charge is -2.01. The second-order valence-corrected chi connectivity index (χ2v) is 6.20. The third-order valence-corrected chi connectivity index (χ3v) is 4.38. The molecule has 0 aliphatic carbocycles. The molecule has 0 aliphatic heterocycles. The van der Waals surface area contributed by atoms with E-state index in [0.717, 1.165) is 5.69 Å². The van der Waals surface area contributed by atoms with Crippen LogP contribution in [0.25, 0.3) is 28.4 Å². The minimum atomic E-state index is -0.557. The van der Waals surface area contributed by atoms with E-state index in [2.05, 4.69) is 25.3 Å². The predicted molar refractivity (Wildman–Crippen MR) is 97.1 cm³/mol. The number of aromatic amines is 1. The fraction of sp³-hybridized carbons (Fsp3) is 0.235. The molecule has 10 nitrogen and oxygen atoms in total. The van der Waals surface area contributed by atoms with Crippen molar-refractivity contribution in [2.24, 2.45) is 5.73 Å². The van der Waals surface area contributed by atoms with Gasteiger partial charge in [0.15, 0.2) is 11.6 Å². The molecular weight excluding hydrogens is 348 g/mol. The topological polar surface area (TPSA) is 140 Å². The number of hydrogen-bond acceptors (Lipinski definition) is 6. The van der Waals surface area contributed by atoms with E-state index in [9.17, 15) is 9.90 Å². The number of aromatic hydroxyl groups is 1. The second-order valence-electron chi connectivity index (χ2n) is 6.20. The van der Waals surface area contributed by atoms with Crippen LogP contribution in [0.4, 0.5) is 0 Å². The highest BCUT2D eigenvalue weighted by Crippen LogP contribution is 2.32. The number of fused-ring (bicyclic) bond motifs is 1. The largest absolute Gasteiger partial charge is 0.504 e. The van der Waals surface area contributed by atoms with Crippen molar-refractivity contribution in [2.45, 2.75) is 27.3 Å². The molecular formula is C17H18N8O2. The van der Waals surface area contributed by atoms with Crippen molar-refractivity contribution in [1.82, 2.24) is 34.3 Å². The van der Waals surface area contributed by atoms with Crippen LogP contribution in [0, 0.1) is 13.8 Å². The van der Waals surface area contributed by atoms with E-state index in [-0.39, 0.29) is 5.75 Å². The molecule has 4 aromatic heterocycles. The first-order valence-electron chi connectivity index (χ1n) is 8.37. The summed E-state index contributed by atoms with van der Waals surface area (Å²) in [7, 11) is 0. The molecule has 4 heterocycles. The van der Waals surface area contributed by atoms with Crippen LogP contribution >= 0.6 is 0 Å². The number of amides is 1. The maximum Gasteiger partial charge on any atom is 0.265 e. The number of nitrogens with one attached hydrogen (secondary N) is 1. The van der Waals surface area contributed by atoms with Gasteiger partial charge in [-0.1, -0.05) is 0 Å². The zero-order valence-electron chi connectivity index (χ0n) is 15.1. The fourth-order valence-electron chi connectivity index (χ4n) is 3.08. The van der Waals surface area contributed by atoms with E-state index in [1.54, 1.807) is 34.5 Å². The molecule has 0 aromatic carbocycles. The third-order valence-electron chi connectivity index (χ3n) is 4.38. The Morgan fingerprint density at radius 1 is 1.37 bits per heavy atom. The van der Waals surface area contributed by atoms with Gasteiger partial charge in [0.1, 0.15) is 17.1 Å². The average Bonchev–Trinajstić information content (AvgIpc) is 3.31. The number of H-pyrrole nitrogens is 1. The lowest BCUT2D eigenvalue weighted by Crippen LogP contribution is -2.13. The van der Waals surface area contributed by atoms with E-state index in [1.807, 2.05) is 13.8 Å². The fourth-order valence-corrected chi connectivity index (χ4v) is 3.08. The van der Waals surface area contributed by atoms with Gasteiger partial charge in [0.25, 0.3) is 5.91 Å². The van der Waals surface area contributed by atoms with Crippen molar-refractivity contribution in [3.8, 4) is 28.7 Å². The van der Waals surface area contributed by atoms with Gasteiger partial charge in [-0.25, -0.2) is 4.98 Å². The Balaban J connectivity index is 1.89. The van der Waals surface area contributed by atoms with Crippen molar-refractivity contribution >= 4 is 11.4 Å². The number of primary amides is 1. The SMILES string of the molecule is CCn1nc(C)c(O)c1-c1n[nH]c(-c2cc(C(N)=O)n3cc(C)ncc23)n1. The van der Waals surface area contributed by atoms with Gasteiger partial charge in [-0.2, -0.15) is 10.2 Å². The molecule has 1 amide bonds. The molecule has 4 rings (SSSR count). The Morgan fingerprint density at radius 3 is 2.85 bits per heavy atom. The van der Waals surface area contributed by atoms with Crippen LogP contribution in [0.15, 0.2) is 18.5 Å². The molecule has 4 aromatic rings. The molecule has 0 saturated heterocycles. The monoisotopic (exact) mass is 366 g/mol. The lowest BCUT2D eigenvalue weighted by molar-refractivity contribution is 0.0995. The van der Waals surface area contributed by atoms with E-state index >= 15 is 0 Å². The van der Waals surface area contributed by atoms with Gasteiger partial charge in [-0.05, 0) is 26.8 Å². The van der Waals surface area contributed by atoms with Gasteiger partial charge < -0.3 is 15.2 Å². The summed E-state index contributed by atoms with van der Waals surface area (Å²) in [5.74, 6) is 0.227. The first-order valence-corrected chi connectivity index (χ1v) is 8.37. The summed E-state index contributed by atoms with van der Waals surface area (Å²) in [6.45, 7) is 6.02. The maximum atomic E-state index is 11.8. The first kappa shape index (κ1) is 16.8. The molecule has 0 atom stereocenters. The number of aromatic nitrogens is 7. The number of carbonyl (C=O) groups is 1. The summed E-state index contributed by atoms with van der Waals surface area (Å²) >= 11 is 0. The summed E-state index contributed by atoms with van der Waals surface area (Å²) in [6, 6.07) is 1.64. The Bertz CT molecular complexity index is 1180. The normalized spacial score (nSPS) is 11.4. The third kappa shape index (κ3) is 2.53. The van der Waals surface area contributed by atoms with E-state index < -0.39 is 5.91 Å². The van der Waals surface area contributed by atoms with Crippen LogP contribution in [-0.4, -0.2) is 45.4 Å². The first-order chi connectivity index (χ1) is 12.9. The van der Waals surface area contributed by atoms with Crippen LogP contribution < -0.4 is 5.73 Å². The van der Waals surface area contributed by atoms with Gasteiger partial charge in [-0.15, -0.1) is 0 Å². The average molecular weight is 366 g/mol. The standard InChI is InChI=1S/C17H18N8O2/c1-4-25-13(14(26)9(3)23-25)17-20-16(21-22-17)10-5-11(15(18)27)24-7-8(2)19-6-12(10)24/h5-7,26H,4H2,1-3H3,(H2,18,27)(H,20,21,22). The Labute approximate surface area is 153 Å². The summed E-state index contributed by atoms with van der Waals surface area (Å²) < 4.78 is 3.31. The number of carbonyl (C=O) groups excluding carboxylic acids is 1. The Kier molecular flexibility index (Phi) is 3.69. The van der Waals surface area contributed by atoms with Gasteiger partial charge in [0.05, 0.1) is 17.4 Å². The van der Waals surface area contributed by atoms with Crippen LogP contribution in [0.2, 0.25) is 0 Å². The Morgan fingerprint density at radius 2 is 2.15 bits per heavy atom. The molecule has 0 bridgehead atoms. The maximum absolute atomic E-state index is 11.8. The van der Waals surface area contributed by atoms with Gasteiger partial charge in [0, 0.05) is 18.3 Å². The number of hydrogen-bond donors (Lipinski definition) is 3. The van der Waals surface area contributed by atoms with E-state index in [0.29, 0.717) is 46.4 Å². The second kappa shape index (κ2) is 5.94. The minimum Gasteiger partial charge on any atom is -0.504 e. The molecule has 0 unspecified atom stereocenters. The molecule has 0 saturated carbocycles.